The molecule has 1 heterocycles. The molecular formula is C17H32N4. The Kier molecular flexibility index (Phi) is 6.04. The number of nitrogens with one attached hydrogen (secondary N) is 1. The molecule has 1 aliphatic carbocycles. The first kappa shape index (κ1) is 16.7. The summed E-state index contributed by atoms with van der Waals surface area (Å²) < 4.78 is 0. The van der Waals surface area contributed by atoms with Crippen LogP contribution < -0.4 is 5.32 Å². The fourth-order valence-electron chi connectivity index (χ4n) is 3.32. The lowest BCUT2D eigenvalue weighted by atomic mass is 9.95. The van der Waals surface area contributed by atoms with Crippen molar-refractivity contribution in [2.75, 3.05) is 40.3 Å². The predicted octanol–water partition coefficient (Wildman–Crippen LogP) is 2.07. The van der Waals surface area contributed by atoms with Crippen molar-refractivity contribution in [2.24, 2.45) is 5.92 Å². The molecule has 0 aromatic heterocycles. The minimum Gasteiger partial charge on any atom is -0.306 e. The van der Waals surface area contributed by atoms with E-state index < -0.39 is 0 Å². The first-order chi connectivity index (χ1) is 10.0. The summed E-state index contributed by atoms with van der Waals surface area (Å²) in [5, 5.41) is 12.9. The lowest BCUT2D eigenvalue weighted by Gasteiger charge is -2.32. The largest absolute Gasteiger partial charge is 0.306 e. The first-order valence-corrected chi connectivity index (χ1v) is 8.57. The predicted molar refractivity (Wildman–Crippen MR) is 87.1 cm³/mol. The fourth-order valence-corrected chi connectivity index (χ4v) is 3.32. The van der Waals surface area contributed by atoms with Gasteiger partial charge in [0.2, 0.25) is 0 Å². The van der Waals surface area contributed by atoms with Gasteiger partial charge in [-0.05, 0) is 85.1 Å². The zero-order valence-corrected chi connectivity index (χ0v) is 14.1. The van der Waals surface area contributed by atoms with Crippen LogP contribution in [0.1, 0.15) is 45.4 Å². The highest BCUT2D eigenvalue weighted by molar-refractivity contribution is 5.07. The van der Waals surface area contributed by atoms with Crippen LogP contribution in [0.15, 0.2) is 0 Å². The lowest BCUT2D eigenvalue weighted by Crippen LogP contribution is -2.43. The Hall–Kier alpha value is -0.630. The van der Waals surface area contributed by atoms with Crippen LogP contribution in [0.2, 0.25) is 0 Å². The van der Waals surface area contributed by atoms with Gasteiger partial charge in [-0.2, -0.15) is 5.26 Å². The van der Waals surface area contributed by atoms with E-state index in [2.05, 4.69) is 42.2 Å². The van der Waals surface area contributed by atoms with Crippen LogP contribution in [0.25, 0.3) is 0 Å². The molecule has 2 rings (SSSR count). The zero-order valence-electron chi connectivity index (χ0n) is 14.1. The molecule has 4 nitrogen and oxygen atoms in total. The van der Waals surface area contributed by atoms with E-state index in [0.29, 0.717) is 6.04 Å². The second-order valence-electron chi connectivity index (χ2n) is 7.47. The average molecular weight is 292 g/mol. The molecule has 1 unspecified atom stereocenters. The van der Waals surface area contributed by atoms with E-state index in [0.717, 1.165) is 25.3 Å². The Morgan fingerprint density at radius 2 is 1.95 bits per heavy atom. The van der Waals surface area contributed by atoms with Crippen LogP contribution >= 0.6 is 0 Å². The molecule has 0 radical (unpaired) electrons. The molecule has 0 spiro atoms. The molecule has 1 aliphatic heterocycles. The van der Waals surface area contributed by atoms with Crippen LogP contribution in [0.4, 0.5) is 0 Å². The molecule has 0 bridgehead atoms. The summed E-state index contributed by atoms with van der Waals surface area (Å²) in [7, 11) is 4.45. The highest BCUT2D eigenvalue weighted by Gasteiger charge is 2.32. The molecule has 0 aromatic rings. The van der Waals surface area contributed by atoms with Crippen LogP contribution in [0.3, 0.4) is 0 Å². The summed E-state index contributed by atoms with van der Waals surface area (Å²) in [5.41, 5.74) is -0.324. The quantitative estimate of drug-likeness (QED) is 0.744. The first-order valence-electron chi connectivity index (χ1n) is 8.57. The van der Waals surface area contributed by atoms with Gasteiger partial charge in [-0.25, -0.2) is 0 Å². The Morgan fingerprint density at radius 3 is 2.52 bits per heavy atom. The molecule has 2 aliphatic rings. The molecule has 1 N–H and O–H groups in total. The van der Waals surface area contributed by atoms with Gasteiger partial charge >= 0.3 is 0 Å². The molecule has 1 atom stereocenters. The van der Waals surface area contributed by atoms with Crippen LogP contribution in [0, 0.1) is 17.2 Å². The second-order valence-corrected chi connectivity index (χ2v) is 7.47. The third-order valence-corrected chi connectivity index (χ3v) is 4.97. The van der Waals surface area contributed by atoms with Crippen molar-refractivity contribution >= 4 is 0 Å². The smallest absolute Gasteiger partial charge is 0.104 e. The summed E-state index contributed by atoms with van der Waals surface area (Å²) in [5.74, 6) is 0.859. The van der Waals surface area contributed by atoms with Crippen LogP contribution in [0.5, 0.6) is 0 Å². The van der Waals surface area contributed by atoms with Crippen molar-refractivity contribution in [1.29, 1.82) is 5.26 Å². The van der Waals surface area contributed by atoms with Crippen LogP contribution in [-0.4, -0.2) is 61.7 Å². The number of likely N-dealkylation sites (tertiary alicyclic amines) is 1. The third-order valence-electron chi connectivity index (χ3n) is 4.97. The van der Waals surface area contributed by atoms with E-state index in [1.807, 2.05) is 0 Å². The minimum absolute atomic E-state index is 0.324. The average Bonchev–Trinajstić information content (AvgIpc) is 3.25. The van der Waals surface area contributed by atoms with E-state index in [1.54, 1.807) is 0 Å². The van der Waals surface area contributed by atoms with E-state index in [-0.39, 0.29) is 5.54 Å². The summed E-state index contributed by atoms with van der Waals surface area (Å²) in [6.07, 6.45) is 7.21. The Balaban J connectivity index is 1.61. The Bertz CT molecular complexity index is 352. The van der Waals surface area contributed by atoms with Gasteiger partial charge in [0, 0.05) is 12.6 Å². The number of nitrogens with zero attached hydrogens (tertiary/aromatic N) is 3. The number of nitriles is 1. The van der Waals surface area contributed by atoms with E-state index in [4.69, 9.17) is 0 Å². The Labute approximate surface area is 130 Å². The molecule has 2 fully saturated rings. The van der Waals surface area contributed by atoms with Crippen molar-refractivity contribution in [3.8, 4) is 6.07 Å². The summed E-state index contributed by atoms with van der Waals surface area (Å²) >= 11 is 0. The van der Waals surface area contributed by atoms with Crippen molar-refractivity contribution in [3.05, 3.63) is 0 Å². The van der Waals surface area contributed by atoms with Gasteiger partial charge in [0.15, 0.2) is 0 Å². The SMILES string of the molecule is CN1CCC(CN(C)CCCC(C)(C#N)NC2CC2)CC1. The zero-order chi connectivity index (χ0) is 15.3. The van der Waals surface area contributed by atoms with Crippen molar-refractivity contribution in [2.45, 2.75) is 57.0 Å². The topological polar surface area (TPSA) is 42.3 Å². The third kappa shape index (κ3) is 5.94. The highest BCUT2D eigenvalue weighted by atomic mass is 15.1. The van der Waals surface area contributed by atoms with E-state index in [1.165, 1.54) is 45.3 Å². The molecule has 120 valence electrons. The molecule has 4 heteroatoms. The van der Waals surface area contributed by atoms with Gasteiger partial charge in [0.25, 0.3) is 0 Å². The van der Waals surface area contributed by atoms with Crippen molar-refractivity contribution in [1.82, 2.24) is 15.1 Å². The molecule has 1 saturated heterocycles. The molecule has 0 aromatic carbocycles. The van der Waals surface area contributed by atoms with Crippen molar-refractivity contribution < 1.29 is 0 Å². The summed E-state index contributed by atoms with van der Waals surface area (Å²) in [4.78, 5) is 4.89. The van der Waals surface area contributed by atoms with Gasteiger partial charge in [-0.1, -0.05) is 0 Å². The maximum Gasteiger partial charge on any atom is 0.104 e. The minimum atomic E-state index is -0.324. The standard InChI is InChI=1S/C17H32N4/c1-17(14-18,19-16-5-6-16)9-4-10-21(3)13-15-7-11-20(2)12-8-15/h15-16,19H,4-13H2,1-3H3. The maximum absolute atomic E-state index is 9.38. The van der Waals surface area contributed by atoms with Crippen LogP contribution in [-0.2, 0) is 0 Å². The summed E-state index contributed by atoms with van der Waals surface area (Å²) in [6, 6.07) is 3.08. The van der Waals surface area contributed by atoms with Crippen molar-refractivity contribution in [3.63, 3.8) is 0 Å². The Morgan fingerprint density at radius 1 is 1.29 bits per heavy atom. The number of piperidine rings is 1. The number of hydrogen-bond acceptors (Lipinski definition) is 4. The van der Waals surface area contributed by atoms with Gasteiger partial charge in [-0.3, -0.25) is 5.32 Å². The fraction of sp³-hybridized carbons (Fsp3) is 0.941. The monoisotopic (exact) mass is 292 g/mol. The number of hydrogen-bond donors (Lipinski definition) is 1. The van der Waals surface area contributed by atoms with Gasteiger partial charge in [0.1, 0.15) is 5.54 Å². The summed E-state index contributed by atoms with van der Waals surface area (Å²) in [6.45, 7) is 6.87. The maximum atomic E-state index is 9.38. The van der Waals surface area contributed by atoms with E-state index >= 15 is 0 Å². The van der Waals surface area contributed by atoms with Gasteiger partial charge in [-0.15, -0.1) is 0 Å². The normalized spacial score (nSPS) is 24.0. The highest BCUT2D eigenvalue weighted by Crippen LogP contribution is 2.24. The van der Waals surface area contributed by atoms with Gasteiger partial charge in [0.05, 0.1) is 6.07 Å². The molecule has 1 saturated carbocycles. The second kappa shape index (κ2) is 7.58. The number of rotatable bonds is 8. The molecule has 0 amide bonds. The molecule has 21 heavy (non-hydrogen) atoms. The molecular weight excluding hydrogens is 260 g/mol. The van der Waals surface area contributed by atoms with Gasteiger partial charge < -0.3 is 9.80 Å². The lowest BCUT2D eigenvalue weighted by molar-refractivity contribution is 0.173. The van der Waals surface area contributed by atoms with E-state index in [9.17, 15) is 5.26 Å².